The predicted molar refractivity (Wildman–Crippen MR) is 96.7 cm³/mol. The molecule has 2 amide bonds. The highest BCUT2D eigenvalue weighted by molar-refractivity contribution is 5.73. The van der Waals surface area contributed by atoms with Crippen molar-refractivity contribution < 1.29 is 13.9 Å². The zero-order valence-electron chi connectivity index (χ0n) is 15.6. The third kappa shape index (κ3) is 4.64. The van der Waals surface area contributed by atoms with Crippen molar-refractivity contribution in [3.05, 3.63) is 41.6 Å². The summed E-state index contributed by atoms with van der Waals surface area (Å²) >= 11 is 0. The second-order valence-corrected chi connectivity index (χ2v) is 6.68. The maximum atomic E-state index is 12.5. The van der Waals surface area contributed by atoms with Gasteiger partial charge in [-0.05, 0) is 19.1 Å². The van der Waals surface area contributed by atoms with Crippen LogP contribution >= 0.6 is 0 Å². The average molecular weight is 361 g/mol. The van der Waals surface area contributed by atoms with Crippen LogP contribution in [0, 0.1) is 6.92 Å². The van der Waals surface area contributed by atoms with Crippen molar-refractivity contribution >= 4 is 6.03 Å². The summed E-state index contributed by atoms with van der Waals surface area (Å²) in [6, 6.07) is 3.83. The molecule has 1 N–H and O–H groups in total. The molecule has 3 heterocycles. The van der Waals surface area contributed by atoms with Gasteiger partial charge in [-0.1, -0.05) is 0 Å². The van der Waals surface area contributed by atoms with E-state index in [1.54, 1.807) is 22.8 Å². The Morgan fingerprint density at radius 3 is 2.77 bits per heavy atom. The van der Waals surface area contributed by atoms with Crippen molar-refractivity contribution in [1.82, 2.24) is 24.9 Å². The number of morpholine rings is 1. The third-order valence-corrected chi connectivity index (χ3v) is 4.55. The zero-order chi connectivity index (χ0) is 18.5. The molecule has 0 aromatic carbocycles. The standard InChI is InChI=1S/C18H27N5O3/c1-14-4-5-17(26-14)16(23-6-8-25-9-7-23)11-19-18(24)21(2)12-15-10-20-22(3)13-15/h4-5,10,13,16H,6-9,11-12H2,1-3H3,(H,19,24)/t16-/m1/s1. The molecule has 1 saturated heterocycles. The Hall–Kier alpha value is -2.32. The van der Waals surface area contributed by atoms with Crippen LogP contribution in [0.2, 0.25) is 0 Å². The van der Waals surface area contributed by atoms with Crippen LogP contribution in [0.5, 0.6) is 0 Å². The molecule has 0 radical (unpaired) electrons. The minimum Gasteiger partial charge on any atom is -0.465 e. The highest BCUT2D eigenvalue weighted by Gasteiger charge is 2.26. The van der Waals surface area contributed by atoms with Crippen molar-refractivity contribution in [3.63, 3.8) is 0 Å². The first-order valence-corrected chi connectivity index (χ1v) is 8.87. The molecule has 142 valence electrons. The molecule has 0 bridgehead atoms. The lowest BCUT2D eigenvalue weighted by molar-refractivity contribution is 0.0119. The van der Waals surface area contributed by atoms with Gasteiger partial charge in [0.2, 0.25) is 0 Å². The summed E-state index contributed by atoms with van der Waals surface area (Å²) in [6.45, 7) is 5.98. The highest BCUT2D eigenvalue weighted by Crippen LogP contribution is 2.23. The minimum absolute atomic E-state index is 0.00309. The predicted octanol–water partition coefficient (Wildman–Crippen LogP) is 1.54. The molecule has 1 aliphatic heterocycles. The van der Waals surface area contributed by atoms with Gasteiger partial charge in [0.15, 0.2) is 0 Å². The second kappa shape index (κ2) is 8.37. The smallest absolute Gasteiger partial charge is 0.317 e. The first kappa shape index (κ1) is 18.5. The molecule has 2 aromatic heterocycles. The van der Waals surface area contributed by atoms with Crippen LogP contribution in [0.3, 0.4) is 0 Å². The molecule has 0 aliphatic carbocycles. The SMILES string of the molecule is Cc1ccc([C@@H](CNC(=O)N(C)Cc2cnn(C)c2)N2CCOCC2)o1. The van der Waals surface area contributed by atoms with Gasteiger partial charge in [0.25, 0.3) is 0 Å². The van der Waals surface area contributed by atoms with E-state index in [0.29, 0.717) is 26.3 Å². The van der Waals surface area contributed by atoms with E-state index in [-0.39, 0.29) is 12.1 Å². The molecular weight excluding hydrogens is 334 g/mol. The number of rotatable bonds is 6. The topological polar surface area (TPSA) is 75.8 Å². The monoisotopic (exact) mass is 361 g/mol. The Labute approximate surface area is 153 Å². The number of ether oxygens (including phenoxy) is 1. The maximum absolute atomic E-state index is 12.5. The number of urea groups is 1. The fraction of sp³-hybridized carbons (Fsp3) is 0.556. The van der Waals surface area contributed by atoms with Crippen molar-refractivity contribution in [2.45, 2.75) is 19.5 Å². The van der Waals surface area contributed by atoms with E-state index in [4.69, 9.17) is 9.15 Å². The van der Waals surface area contributed by atoms with E-state index in [1.807, 2.05) is 32.3 Å². The summed E-state index contributed by atoms with van der Waals surface area (Å²) < 4.78 is 13.0. The Morgan fingerprint density at radius 2 is 2.15 bits per heavy atom. The fourth-order valence-electron chi connectivity index (χ4n) is 3.15. The lowest BCUT2D eigenvalue weighted by Gasteiger charge is -2.33. The van der Waals surface area contributed by atoms with Gasteiger partial charge >= 0.3 is 6.03 Å². The summed E-state index contributed by atoms with van der Waals surface area (Å²) in [7, 11) is 3.64. The van der Waals surface area contributed by atoms with Crippen molar-refractivity contribution in [2.24, 2.45) is 7.05 Å². The van der Waals surface area contributed by atoms with Crippen LogP contribution in [0.4, 0.5) is 4.79 Å². The van der Waals surface area contributed by atoms with Crippen LogP contribution in [0.15, 0.2) is 28.9 Å². The van der Waals surface area contributed by atoms with Crippen LogP contribution in [-0.4, -0.2) is 65.5 Å². The number of aromatic nitrogens is 2. The van der Waals surface area contributed by atoms with Crippen molar-refractivity contribution in [2.75, 3.05) is 39.9 Å². The summed E-state index contributed by atoms with van der Waals surface area (Å²) in [4.78, 5) is 16.4. The van der Waals surface area contributed by atoms with Crippen LogP contribution in [0.25, 0.3) is 0 Å². The number of carbonyl (C=O) groups is 1. The summed E-state index contributed by atoms with van der Waals surface area (Å²) in [5.41, 5.74) is 0.997. The summed E-state index contributed by atoms with van der Waals surface area (Å²) in [5.74, 6) is 1.75. The number of hydrogen-bond acceptors (Lipinski definition) is 5. The number of nitrogens with zero attached hydrogens (tertiary/aromatic N) is 4. The highest BCUT2D eigenvalue weighted by atomic mass is 16.5. The molecule has 26 heavy (non-hydrogen) atoms. The third-order valence-electron chi connectivity index (χ3n) is 4.55. The number of amides is 2. The Balaban J connectivity index is 1.60. The van der Waals surface area contributed by atoms with E-state index >= 15 is 0 Å². The van der Waals surface area contributed by atoms with E-state index in [1.165, 1.54) is 0 Å². The number of aryl methyl sites for hydroxylation is 2. The Bertz CT molecular complexity index is 720. The zero-order valence-corrected chi connectivity index (χ0v) is 15.6. The van der Waals surface area contributed by atoms with Gasteiger partial charge in [0.05, 0.1) is 32.0 Å². The molecule has 3 rings (SSSR count). The van der Waals surface area contributed by atoms with Gasteiger partial charge in [0, 0.05) is 45.5 Å². The lowest BCUT2D eigenvalue weighted by atomic mass is 10.1. The normalized spacial score (nSPS) is 16.4. The summed E-state index contributed by atoms with van der Waals surface area (Å²) in [6.07, 6.45) is 3.68. The number of hydrogen-bond donors (Lipinski definition) is 1. The molecular formula is C18H27N5O3. The largest absolute Gasteiger partial charge is 0.465 e. The van der Waals surface area contributed by atoms with Gasteiger partial charge in [0.1, 0.15) is 11.5 Å². The summed E-state index contributed by atoms with van der Waals surface area (Å²) in [5, 5.41) is 7.17. The molecule has 8 heteroatoms. The average Bonchev–Trinajstić information content (AvgIpc) is 3.24. The number of carbonyl (C=O) groups excluding carboxylic acids is 1. The fourth-order valence-corrected chi connectivity index (χ4v) is 3.15. The van der Waals surface area contributed by atoms with Gasteiger partial charge in [-0.25, -0.2) is 4.79 Å². The molecule has 1 atom stereocenters. The first-order chi connectivity index (χ1) is 12.5. The van der Waals surface area contributed by atoms with Crippen molar-refractivity contribution in [3.8, 4) is 0 Å². The minimum atomic E-state index is -0.115. The molecule has 0 saturated carbocycles. The lowest BCUT2D eigenvalue weighted by Crippen LogP contribution is -2.45. The van der Waals surface area contributed by atoms with Gasteiger partial charge in [-0.15, -0.1) is 0 Å². The molecule has 1 aliphatic rings. The molecule has 2 aromatic rings. The maximum Gasteiger partial charge on any atom is 0.317 e. The van der Waals surface area contributed by atoms with E-state index in [0.717, 1.165) is 30.2 Å². The number of nitrogens with one attached hydrogen (secondary N) is 1. The molecule has 8 nitrogen and oxygen atoms in total. The van der Waals surface area contributed by atoms with E-state index < -0.39 is 0 Å². The van der Waals surface area contributed by atoms with Crippen LogP contribution in [0.1, 0.15) is 23.1 Å². The number of furan rings is 1. The second-order valence-electron chi connectivity index (χ2n) is 6.68. The van der Waals surface area contributed by atoms with Crippen molar-refractivity contribution in [1.29, 1.82) is 0 Å². The molecule has 0 unspecified atom stereocenters. The first-order valence-electron chi connectivity index (χ1n) is 8.87. The molecule has 0 spiro atoms. The van der Waals surface area contributed by atoms with Gasteiger partial charge in [-0.2, -0.15) is 5.10 Å². The van der Waals surface area contributed by atoms with E-state index in [2.05, 4.69) is 15.3 Å². The van der Waals surface area contributed by atoms with Crippen LogP contribution in [-0.2, 0) is 18.3 Å². The van der Waals surface area contributed by atoms with Gasteiger partial charge < -0.3 is 19.4 Å². The Kier molecular flexibility index (Phi) is 5.95. The van der Waals surface area contributed by atoms with E-state index in [9.17, 15) is 4.79 Å². The van der Waals surface area contributed by atoms with Crippen LogP contribution < -0.4 is 5.32 Å². The quantitative estimate of drug-likeness (QED) is 0.845. The molecule has 1 fully saturated rings. The Morgan fingerprint density at radius 1 is 1.38 bits per heavy atom. The van der Waals surface area contributed by atoms with Gasteiger partial charge in [-0.3, -0.25) is 9.58 Å².